The molecule has 14 heavy (non-hydrogen) atoms. The lowest BCUT2D eigenvalue weighted by molar-refractivity contribution is -0.738. The minimum atomic E-state index is 0.769. The van der Waals surface area contributed by atoms with Crippen LogP contribution in [0.2, 0.25) is 0 Å². The largest absolute Gasteiger partial charge is 0.342 e. The molecule has 1 fully saturated rings. The maximum absolute atomic E-state index is 2.55. The van der Waals surface area contributed by atoms with Crippen molar-refractivity contribution in [2.75, 3.05) is 0 Å². The summed E-state index contributed by atoms with van der Waals surface area (Å²) >= 11 is 0. The van der Waals surface area contributed by atoms with Crippen LogP contribution in [-0.2, 0) is 0 Å². The van der Waals surface area contributed by atoms with Gasteiger partial charge < -0.3 is 10.6 Å². The summed E-state index contributed by atoms with van der Waals surface area (Å²) in [6, 6.07) is 3.36. The molecule has 0 radical (unpaired) electrons. The van der Waals surface area contributed by atoms with Crippen molar-refractivity contribution in [3.8, 4) is 0 Å². The fraction of sp³-hybridized carbons (Fsp3) is 1.00. The molecular weight excluding hydrogens is 172 g/mol. The molecule has 0 bridgehead atoms. The van der Waals surface area contributed by atoms with Gasteiger partial charge in [0.25, 0.3) is 0 Å². The fourth-order valence-corrected chi connectivity index (χ4v) is 2.62. The molecule has 1 aliphatic rings. The Balaban J connectivity index is 2.17. The van der Waals surface area contributed by atoms with E-state index in [1.54, 1.807) is 0 Å². The summed E-state index contributed by atoms with van der Waals surface area (Å²) in [5.74, 6) is 0. The van der Waals surface area contributed by atoms with E-state index in [0.29, 0.717) is 0 Å². The first kappa shape index (κ1) is 12.0. The number of hydrogen-bond donors (Lipinski definition) is 2. The van der Waals surface area contributed by atoms with Gasteiger partial charge >= 0.3 is 0 Å². The van der Waals surface area contributed by atoms with Crippen molar-refractivity contribution < 1.29 is 10.6 Å². The van der Waals surface area contributed by atoms with Gasteiger partial charge in [-0.1, -0.05) is 0 Å². The second-order valence-corrected chi connectivity index (χ2v) is 5.55. The molecule has 1 rings (SSSR count). The predicted molar refractivity (Wildman–Crippen MR) is 60.2 cm³/mol. The summed E-state index contributed by atoms with van der Waals surface area (Å²) in [5.41, 5.74) is 0. The van der Waals surface area contributed by atoms with E-state index in [9.17, 15) is 0 Å². The second kappa shape index (κ2) is 5.72. The molecule has 2 heteroatoms. The highest BCUT2D eigenvalue weighted by atomic mass is 15.0. The smallest absolute Gasteiger partial charge is 0.0865 e. The molecule has 4 N–H and O–H groups in total. The van der Waals surface area contributed by atoms with Gasteiger partial charge in [0.05, 0.1) is 24.2 Å². The minimum Gasteiger partial charge on any atom is -0.342 e. The van der Waals surface area contributed by atoms with Gasteiger partial charge in [0.2, 0.25) is 0 Å². The van der Waals surface area contributed by atoms with Crippen molar-refractivity contribution in [1.82, 2.24) is 0 Å². The molecule has 1 aliphatic carbocycles. The van der Waals surface area contributed by atoms with Crippen LogP contribution in [-0.4, -0.2) is 24.2 Å². The van der Waals surface area contributed by atoms with Gasteiger partial charge in [-0.3, -0.25) is 0 Å². The van der Waals surface area contributed by atoms with Crippen molar-refractivity contribution in [1.29, 1.82) is 0 Å². The Morgan fingerprint density at radius 3 is 1.21 bits per heavy atom. The van der Waals surface area contributed by atoms with Gasteiger partial charge in [0.1, 0.15) is 0 Å². The molecule has 2 nitrogen and oxygen atoms in total. The lowest BCUT2D eigenvalue weighted by Gasteiger charge is -2.27. The van der Waals surface area contributed by atoms with Gasteiger partial charge in [0, 0.05) is 25.7 Å². The van der Waals surface area contributed by atoms with Crippen LogP contribution in [0.1, 0.15) is 53.4 Å². The quantitative estimate of drug-likeness (QED) is 0.652. The maximum Gasteiger partial charge on any atom is 0.0865 e. The van der Waals surface area contributed by atoms with E-state index in [1.165, 1.54) is 25.7 Å². The van der Waals surface area contributed by atoms with Crippen LogP contribution in [0.5, 0.6) is 0 Å². The van der Waals surface area contributed by atoms with Crippen molar-refractivity contribution in [2.45, 2.75) is 77.5 Å². The molecule has 0 amide bonds. The van der Waals surface area contributed by atoms with Gasteiger partial charge in [0.15, 0.2) is 0 Å². The number of hydrogen-bond acceptors (Lipinski definition) is 0. The van der Waals surface area contributed by atoms with Crippen LogP contribution < -0.4 is 10.6 Å². The van der Waals surface area contributed by atoms with Gasteiger partial charge in [-0.15, -0.1) is 0 Å². The molecule has 0 saturated heterocycles. The Kier molecular flexibility index (Phi) is 4.90. The van der Waals surface area contributed by atoms with Crippen molar-refractivity contribution >= 4 is 0 Å². The highest BCUT2D eigenvalue weighted by Gasteiger charge is 2.26. The Labute approximate surface area is 88.8 Å². The van der Waals surface area contributed by atoms with Crippen LogP contribution in [0.3, 0.4) is 0 Å². The lowest BCUT2D eigenvalue weighted by atomic mass is 9.90. The lowest BCUT2D eigenvalue weighted by Crippen LogP contribution is -2.97. The maximum atomic E-state index is 2.55. The van der Waals surface area contributed by atoms with Crippen LogP contribution >= 0.6 is 0 Å². The van der Waals surface area contributed by atoms with E-state index >= 15 is 0 Å². The average Bonchev–Trinajstić information content (AvgIpc) is 2.06. The van der Waals surface area contributed by atoms with Crippen molar-refractivity contribution in [3.63, 3.8) is 0 Å². The third kappa shape index (κ3) is 4.43. The molecule has 0 atom stereocenters. The topological polar surface area (TPSA) is 33.2 Å². The molecule has 0 aromatic carbocycles. The molecular formula is C12H28N2+2. The zero-order valence-corrected chi connectivity index (χ0v) is 10.3. The molecule has 0 spiro atoms. The SMILES string of the molecule is CC(C)[NH2+]C1CCC([NH2+]C(C)C)CC1. The molecule has 0 heterocycles. The summed E-state index contributed by atoms with van der Waals surface area (Å²) in [5, 5.41) is 5.09. The Hall–Kier alpha value is -0.0800. The summed E-state index contributed by atoms with van der Waals surface area (Å²) in [6.07, 6.45) is 5.69. The average molecular weight is 200 g/mol. The zero-order chi connectivity index (χ0) is 10.6. The van der Waals surface area contributed by atoms with Crippen molar-refractivity contribution in [2.24, 2.45) is 0 Å². The van der Waals surface area contributed by atoms with E-state index < -0.39 is 0 Å². The third-order valence-electron chi connectivity index (χ3n) is 3.13. The number of rotatable bonds is 4. The highest BCUT2D eigenvalue weighted by Crippen LogP contribution is 2.13. The summed E-state index contributed by atoms with van der Waals surface area (Å²) in [7, 11) is 0. The Morgan fingerprint density at radius 2 is 1.00 bits per heavy atom. The van der Waals surface area contributed by atoms with Crippen LogP contribution in [0.4, 0.5) is 0 Å². The van der Waals surface area contributed by atoms with E-state index in [1.807, 2.05) is 0 Å². The first-order chi connectivity index (χ1) is 6.58. The summed E-state index contributed by atoms with van der Waals surface area (Å²) in [6.45, 7) is 9.19. The Morgan fingerprint density at radius 1 is 0.714 bits per heavy atom. The number of nitrogens with two attached hydrogens (primary N) is 2. The molecule has 0 aromatic rings. The molecule has 0 aliphatic heterocycles. The van der Waals surface area contributed by atoms with E-state index in [4.69, 9.17) is 0 Å². The molecule has 0 unspecified atom stereocenters. The minimum absolute atomic E-state index is 0.769. The molecule has 1 saturated carbocycles. The van der Waals surface area contributed by atoms with Gasteiger partial charge in [-0.2, -0.15) is 0 Å². The molecule has 0 aromatic heterocycles. The predicted octanol–water partition coefficient (Wildman–Crippen LogP) is 0.241. The normalized spacial score (nSPS) is 28.7. The van der Waals surface area contributed by atoms with Crippen molar-refractivity contribution in [3.05, 3.63) is 0 Å². The van der Waals surface area contributed by atoms with Crippen LogP contribution in [0.15, 0.2) is 0 Å². The number of quaternary nitrogens is 2. The van der Waals surface area contributed by atoms with E-state index in [2.05, 4.69) is 38.3 Å². The summed E-state index contributed by atoms with van der Waals surface area (Å²) in [4.78, 5) is 0. The first-order valence-electron chi connectivity index (χ1n) is 6.28. The summed E-state index contributed by atoms with van der Waals surface area (Å²) < 4.78 is 0. The standard InChI is InChI=1S/C12H26N2/c1-9(2)13-11-5-7-12(8-6-11)14-10(3)4/h9-14H,5-8H2,1-4H3/p+2. The first-order valence-corrected chi connectivity index (χ1v) is 6.28. The fourth-order valence-electron chi connectivity index (χ4n) is 2.62. The molecule has 84 valence electrons. The van der Waals surface area contributed by atoms with E-state index in [-0.39, 0.29) is 0 Å². The Bertz CT molecular complexity index is 128. The highest BCUT2D eigenvalue weighted by molar-refractivity contribution is 4.69. The van der Waals surface area contributed by atoms with E-state index in [0.717, 1.165) is 24.2 Å². The van der Waals surface area contributed by atoms with Gasteiger partial charge in [-0.25, -0.2) is 0 Å². The third-order valence-corrected chi connectivity index (χ3v) is 3.13. The van der Waals surface area contributed by atoms with Crippen LogP contribution in [0, 0.1) is 0 Å². The second-order valence-electron chi connectivity index (χ2n) is 5.55. The zero-order valence-electron chi connectivity index (χ0n) is 10.3. The van der Waals surface area contributed by atoms with Gasteiger partial charge in [-0.05, 0) is 27.7 Å². The monoisotopic (exact) mass is 200 g/mol. The van der Waals surface area contributed by atoms with Crippen LogP contribution in [0.25, 0.3) is 0 Å².